The molecule has 2 rings (SSSR count). The quantitative estimate of drug-likeness (QED) is 0.741. The summed E-state index contributed by atoms with van der Waals surface area (Å²) in [4.78, 5) is 0. The summed E-state index contributed by atoms with van der Waals surface area (Å²) in [5, 5.41) is 0. The van der Waals surface area contributed by atoms with E-state index in [9.17, 15) is 4.39 Å². The van der Waals surface area contributed by atoms with Crippen LogP contribution in [-0.4, -0.2) is 13.2 Å². The van der Waals surface area contributed by atoms with Crippen molar-refractivity contribution >= 4 is 0 Å². The Morgan fingerprint density at radius 2 is 1.87 bits per heavy atom. The largest absolute Gasteiger partial charge is 0.374 e. The standard InChI is InChI=1S/C13H17FO/c1-10(2)7-11-3-5-12(6-4-11)13(14)8-15-9-13/h3-6,10H,7-9H2,1-2H3. The van der Waals surface area contributed by atoms with Gasteiger partial charge in [0.05, 0.1) is 13.2 Å². The van der Waals surface area contributed by atoms with Crippen LogP contribution in [0.4, 0.5) is 4.39 Å². The highest BCUT2D eigenvalue weighted by Crippen LogP contribution is 2.33. The van der Waals surface area contributed by atoms with Gasteiger partial charge in [0.25, 0.3) is 0 Å². The molecule has 1 saturated heterocycles. The predicted octanol–water partition coefficient (Wildman–Crippen LogP) is 3.08. The Balaban J connectivity index is 2.10. The number of ether oxygens (including phenoxy) is 1. The third-order valence-corrected chi connectivity index (χ3v) is 2.78. The summed E-state index contributed by atoms with van der Waals surface area (Å²) in [6.07, 6.45) is 1.05. The highest BCUT2D eigenvalue weighted by Gasteiger charge is 2.40. The lowest BCUT2D eigenvalue weighted by molar-refractivity contribution is -0.135. The lowest BCUT2D eigenvalue weighted by Crippen LogP contribution is -2.42. The maximum absolute atomic E-state index is 13.9. The van der Waals surface area contributed by atoms with Gasteiger partial charge in [0.1, 0.15) is 0 Å². The number of benzene rings is 1. The molecule has 1 heterocycles. The third-order valence-electron chi connectivity index (χ3n) is 2.78. The average Bonchev–Trinajstić information content (AvgIpc) is 2.14. The smallest absolute Gasteiger partial charge is 0.182 e. The lowest BCUT2D eigenvalue weighted by Gasteiger charge is -2.34. The fourth-order valence-corrected chi connectivity index (χ4v) is 1.86. The van der Waals surface area contributed by atoms with Crippen molar-refractivity contribution in [3.05, 3.63) is 35.4 Å². The average molecular weight is 208 g/mol. The first-order valence-corrected chi connectivity index (χ1v) is 5.46. The van der Waals surface area contributed by atoms with Gasteiger partial charge in [0.2, 0.25) is 0 Å². The zero-order valence-electron chi connectivity index (χ0n) is 9.29. The first-order valence-electron chi connectivity index (χ1n) is 5.46. The minimum atomic E-state index is -1.23. The number of hydrogen-bond donors (Lipinski definition) is 0. The van der Waals surface area contributed by atoms with E-state index in [1.807, 2.05) is 24.3 Å². The summed E-state index contributed by atoms with van der Waals surface area (Å²) in [5.41, 5.74) is 0.801. The van der Waals surface area contributed by atoms with Gasteiger partial charge >= 0.3 is 0 Å². The van der Waals surface area contributed by atoms with E-state index in [2.05, 4.69) is 13.8 Å². The van der Waals surface area contributed by atoms with Crippen LogP contribution >= 0.6 is 0 Å². The summed E-state index contributed by atoms with van der Waals surface area (Å²) in [6.45, 7) is 4.78. The molecule has 82 valence electrons. The number of rotatable bonds is 3. The van der Waals surface area contributed by atoms with Gasteiger partial charge in [0.15, 0.2) is 5.67 Å². The molecule has 0 bridgehead atoms. The second-order valence-electron chi connectivity index (χ2n) is 4.75. The molecular formula is C13H17FO. The topological polar surface area (TPSA) is 9.23 Å². The van der Waals surface area contributed by atoms with E-state index in [4.69, 9.17) is 4.74 Å². The Labute approximate surface area is 90.3 Å². The Kier molecular flexibility index (Phi) is 2.79. The van der Waals surface area contributed by atoms with Crippen molar-refractivity contribution in [1.82, 2.24) is 0 Å². The van der Waals surface area contributed by atoms with Gasteiger partial charge in [-0.3, -0.25) is 0 Å². The second-order valence-corrected chi connectivity index (χ2v) is 4.75. The van der Waals surface area contributed by atoms with E-state index in [1.165, 1.54) is 5.56 Å². The number of halogens is 1. The zero-order valence-corrected chi connectivity index (χ0v) is 9.29. The fraction of sp³-hybridized carbons (Fsp3) is 0.538. The van der Waals surface area contributed by atoms with Crippen LogP contribution in [-0.2, 0) is 16.8 Å². The molecule has 0 spiro atoms. The molecule has 1 nitrogen and oxygen atoms in total. The van der Waals surface area contributed by atoms with Crippen LogP contribution in [0.2, 0.25) is 0 Å². The van der Waals surface area contributed by atoms with Crippen molar-refractivity contribution < 1.29 is 9.13 Å². The Hall–Kier alpha value is -0.890. The maximum Gasteiger partial charge on any atom is 0.182 e. The minimum absolute atomic E-state index is 0.205. The molecule has 0 N–H and O–H groups in total. The molecule has 0 saturated carbocycles. The van der Waals surface area contributed by atoms with Crippen molar-refractivity contribution in [2.45, 2.75) is 25.9 Å². The van der Waals surface area contributed by atoms with E-state index in [1.54, 1.807) is 0 Å². The monoisotopic (exact) mass is 208 g/mol. The van der Waals surface area contributed by atoms with Crippen LogP contribution in [0, 0.1) is 5.92 Å². The first kappa shape index (κ1) is 10.6. The summed E-state index contributed by atoms with van der Waals surface area (Å²) < 4.78 is 18.8. The molecule has 2 heteroatoms. The minimum Gasteiger partial charge on any atom is -0.374 e. The Morgan fingerprint density at radius 3 is 2.27 bits per heavy atom. The molecule has 0 atom stereocenters. The van der Waals surface area contributed by atoms with Crippen LogP contribution in [0.25, 0.3) is 0 Å². The third kappa shape index (κ3) is 2.20. The summed E-state index contributed by atoms with van der Waals surface area (Å²) in [5.74, 6) is 0.641. The van der Waals surface area contributed by atoms with Crippen molar-refractivity contribution in [1.29, 1.82) is 0 Å². The summed E-state index contributed by atoms with van der Waals surface area (Å²) in [6, 6.07) is 7.82. The second kappa shape index (κ2) is 3.93. The molecule has 1 aromatic rings. The molecule has 0 aromatic heterocycles. The molecule has 1 fully saturated rings. The van der Waals surface area contributed by atoms with Gasteiger partial charge in [-0.1, -0.05) is 38.1 Å². The van der Waals surface area contributed by atoms with E-state index >= 15 is 0 Å². The van der Waals surface area contributed by atoms with Crippen LogP contribution in [0.1, 0.15) is 25.0 Å². The van der Waals surface area contributed by atoms with E-state index in [-0.39, 0.29) is 13.2 Å². The van der Waals surface area contributed by atoms with Gasteiger partial charge in [-0.25, -0.2) is 4.39 Å². The summed E-state index contributed by atoms with van der Waals surface area (Å²) >= 11 is 0. The highest BCUT2D eigenvalue weighted by atomic mass is 19.1. The number of alkyl halides is 1. The van der Waals surface area contributed by atoms with Crippen LogP contribution in [0.15, 0.2) is 24.3 Å². The first-order chi connectivity index (χ1) is 7.10. The van der Waals surface area contributed by atoms with Crippen LogP contribution in [0.5, 0.6) is 0 Å². The lowest BCUT2D eigenvalue weighted by atomic mass is 9.92. The molecular weight excluding hydrogens is 191 g/mol. The van der Waals surface area contributed by atoms with Gasteiger partial charge < -0.3 is 4.74 Å². The molecule has 1 aromatic carbocycles. The van der Waals surface area contributed by atoms with Crippen molar-refractivity contribution in [2.75, 3.05) is 13.2 Å². The van der Waals surface area contributed by atoms with Gasteiger partial charge in [-0.15, -0.1) is 0 Å². The SMILES string of the molecule is CC(C)Cc1ccc(C2(F)COC2)cc1. The molecule has 1 aliphatic rings. The summed E-state index contributed by atoms with van der Waals surface area (Å²) in [7, 11) is 0. The van der Waals surface area contributed by atoms with Crippen molar-refractivity contribution in [2.24, 2.45) is 5.92 Å². The van der Waals surface area contributed by atoms with E-state index < -0.39 is 5.67 Å². The Morgan fingerprint density at radius 1 is 1.27 bits per heavy atom. The maximum atomic E-state index is 13.9. The van der Waals surface area contributed by atoms with Gasteiger partial charge in [-0.05, 0) is 23.5 Å². The molecule has 0 unspecified atom stereocenters. The van der Waals surface area contributed by atoms with Crippen LogP contribution in [0.3, 0.4) is 0 Å². The molecule has 0 radical (unpaired) electrons. The molecule has 1 aliphatic heterocycles. The Bertz CT molecular complexity index is 325. The highest BCUT2D eigenvalue weighted by molar-refractivity contribution is 5.29. The normalized spacial score (nSPS) is 18.9. The number of hydrogen-bond acceptors (Lipinski definition) is 1. The van der Waals surface area contributed by atoms with Crippen LogP contribution < -0.4 is 0 Å². The molecule has 0 amide bonds. The molecule has 0 aliphatic carbocycles. The van der Waals surface area contributed by atoms with Gasteiger partial charge in [-0.2, -0.15) is 0 Å². The van der Waals surface area contributed by atoms with E-state index in [0.29, 0.717) is 5.92 Å². The molecule has 15 heavy (non-hydrogen) atoms. The van der Waals surface area contributed by atoms with Crippen molar-refractivity contribution in [3.8, 4) is 0 Å². The van der Waals surface area contributed by atoms with Gasteiger partial charge in [0, 0.05) is 0 Å². The zero-order chi connectivity index (χ0) is 10.9. The van der Waals surface area contributed by atoms with E-state index in [0.717, 1.165) is 12.0 Å². The van der Waals surface area contributed by atoms with Crippen molar-refractivity contribution in [3.63, 3.8) is 0 Å². The predicted molar refractivity (Wildman–Crippen MR) is 58.6 cm³/mol. The fourth-order valence-electron chi connectivity index (χ4n) is 1.86.